The first-order valence-electron chi connectivity index (χ1n) is 8.90. The molecule has 1 aliphatic rings. The summed E-state index contributed by atoms with van der Waals surface area (Å²) in [5.74, 6) is 1.75. The maximum absolute atomic E-state index is 5.92. The molecule has 1 fully saturated rings. The van der Waals surface area contributed by atoms with Crippen molar-refractivity contribution in [1.82, 2.24) is 10.6 Å². The lowest BCUT2D eigenvalue weighted by Gasteiger charge is -2.17. The van der Waals surface area contributed by atoms with E-state index in [9.17, 15) is 0 Å². The van der Waals surface area contributed by atoms with Crippen LogP contribution in [-0.2, 0) is 11.3 Å². The van der Waals surface area contributed by atoms with Crippen LogP contribution in [-0.4, -0.2) is 38.4 Å². The minimum atomic E-state index is 0.161. The van der Waals surface area contributed by atoms with Gasteiger partial charge in [0.25, 0.3) is 0 Å². The van der Waals surface area contributed by atoms with Crippen molar-refractivity contribution in [3.8, 4) is 5.75 Å². The molecule has 2 rings (SSSR count). The molecule has 0 aliphatic carbocycles. The van der Waals surface area contributed by atoms with Gasteiger partial charge in [-0.25, -0.2) is 0 Å². The van der Waals surface area contributed by atoms with E-state index in [0.717, 1.165) is 36.8 Å². The predicted octanol–water partition coefficient (Wildman–Crippen LogP) is 3.02. The zero-order valence-electron chi connectivity index (χ0n) is 15.4. The van der Waals surface area contributed by atoms with Crippen LogP contribution in [0.25, 0.3) is 0 Å². The highest BCUT2D eigenvalue weighted by Crippen LogP contribution is 2.21. The summed E-state index contributed by atoms with van der Waals surface area (Å²) in [5, 5.41) is 6.72. The van der Waals surface area contributed by atoms with E-state index < -0.39 is 0 Å². The van der Waals surface area contributed by atoms with Crippen LogP contribution in [0.4, 0.5) is 0 Å². The molecule has 1 aromatic rings. The van der Waals surface area contributed by atoms with E-state index in [1.807, 2.05) is 13.8 Å². The van der Waals surface area contributed by atoms with Gasteiger partial charge in [0.05, 0.1) is 12.2 Å². The molecule has 5 nitrogen and oxygen atoms in total. The SMILES string of the molecule is CN=C(NCCC1CCCO1)NCc1ccc(C)cc1OC(C)C. The van der Waals surface area contributed by atoms with Gasteiger partial charge in [-0.2, -0.15) is 0 Å². The number of hydrogen-bond acceptors (Lipinski definition) is 3. The van der Waals surface area contributed by atoms with Crippen LogP contribution in [0.2, 0.25) is 0 Å². The first-order valence-corrected chi connectivity index (χ1v) is 8.90. The fraction of sp³-hybridized carbons (Fsp3) is 0.632. The topological polar surface area (TPSA) is 54.9 Å². The summed E-state index contributed by atoms with van der Waals surface area (Å²) in [5.41, 5.74) is 2.34. The number of hydrogen-bond donors (Lipinski definition) is 2. The summed E-state index contributed by atoms with van der Waals surface area (Å²) >= 11 is 0. The number of rotatable bonds is 7. The molecular weight excluding hydrogens is 302 g/mol. The normalized spacial score (nSPS) is 18.0. The minimum Gasteiger partial charge on any atom is -0.491 e. The Bertz CT molecular complexity index is 537. The van der Waals surface area contributed by atoms with Crippen LogP contribution in [0.1, 0.15) is 44.2 Å². The highest BCUT2D eigenvalue weighted by Gasteiger charge is 2.15. The standard InChI is InChI=1S/C19H31N3O2/c1-14(2)24-18-12-15(3)7-8-16(18)13-22-19(20-4)21-10-9-17-6-5-11-23-17/h7-8,12,14,17H,5-6,9-11,13H2,1-4H3,(H2,20,21,22). The Balaban J connectivity index is 1.83. The number of aryl methyl sites for hydroxylation is 1. The number of ether oxygens (including phenoxy) is 2. The molecule has 0 radical (unpaired) electrons. The van der Waals surface area contributed by atoms with Crippen LogP contribution in [0.5, 0.6) is 5.75 Å². The van der Waals surface area contributed by atoms with Gasteiger partial charge >= 0.3 is 0 Å². The third-order valence-electron chi connectivity index (χ3n) is 4.04. The number of guanidine groups is 1. The van der Waals surface area contributed by atoms with Gasteiger partial charge in [-0.1, -0.05) is 12.1 Å². The fourth-order valence-electron chi connectivity index (χ4n) is 2.79. The van der Waals surface area contributed by atoms with Crippen LogP contribution >= 0.6 is 0 Å². The number of nitrogens with one attached hydrogen (secondary N) is 2. The molecule has 0 saturated carbocycles. The van der Waals surface area contributed by atoms with Crippen molar-refractivity contribution >= 4 is 5.96 Å². The molecule has 1 saturated heterocycles. The molecule has 5 heteroatoms. The second-order valence-electron chi connectivity index (χ2n) is 6.55. The Labute approximate surface area is 145 Å². The van der Waals surface area contributed by atoms with Gasteiger partial charge in [-0.15, -0.1) is 0 Å². The van der Waals surface area contributed by atoms with Gasteiger partial charge in [0.2, 0.25) is 0 Å². The average molecular weight is 333 g/mol. The summed E-state index contributed by atoms with van der Waals surface area (Å²) < 4.78 is 11.6. The van der Waals surface area contributed by atoms with Gasteiger partial charge in [0.1, 0.15) is 5.75 Å². The third kappa shape index (κ3) is 6.04. The molecule has 0 bridgehead atoms. The molecule has 1 heterocycles. The van der Waals surface area contributed by atoms with E-state index in [2.05, 4.69) is 40.7 Å². The summed E-state index contributed by atoms with van der Waals surface area (Å²) in [4.78, 5) is 4.29. The monoisotopic (exact) mass is 333 g/mol. The Hall–Kier alpha value is -1.75. The Morgan fingerprint density at radius 2 is 2.21 bits per heavy atom. The Morgan fingerprint density at radius 3 is 2.88 bits per heavy atom. The van der Waals surface area contributed by atoms with Gasteiger partial charge < -0.3 is 20.1 Å². The summed E-state index contributed by atoms with van der Waals surface area (Å²) in [7, 11) is 1.79. The predicted molar refractivity (Wildman–Crippen MR) is 98.7 cm³/mol. The van der Waals surface area contributed by atoms with Gasteiger partial charge in [0.15, 0.2) is 5.96 Å². The zero-order chi connectivity index (χ0) is 17.4. The van der Waals surface area contributed by atoms with Gasteiger partial charge in [-0.3, -0.25) is 4.99 Å². The quantitative estimate of drug-likeness (QED) is 0.595. The largest absolute Gasteiger partial charge is 0.491 e. The average Bonchev–Trinajstić information content (AvgIpc) is 3.05. The first-order chi connectivity index (χ1) is 11.6. The summed E-state index contributed by atoms with van der Waals surface area (Å²) in [6, 6.07) is 6.31. The number of aliphatic imine (C=N–C) groups is 1. The van der Waals surface area contributed by atoms with Crippen molar-refractivity contribution in [1.29, 1.82) is 0 Å². The van der Waals surface area contributed by atoms with E-state index in [4.69, 9.17) is 9.47 Å². The lowest BCUT2D eigenvalue weighted by molar-refractivity contribution is 0.105. The smallest absolute Gasteiger partial charge is 0.191 e. The minimum absolute atomic E-state index is 0.161. The highest BCUT2D eigenvalue weighted by molar-refractivity contribution is 5.79. The molecule has 0 aromatic heterocycles. The maximum atomic E-state index is 5.92. The summed E-state index contributed by atoms with van der Waals surface area (Å²) in [6.45, 7) is 8.63. The van der Waals surface area contributed by atoms with E-state index in [0.29, 0.717) is 12.6 Å². The van der Waals surface area contributed by atoms with Crippen molar-refractivity contribution in [3.63, 3.8) is 0 Å². The molecule has 24 heavy (non-hydrogen) atoms. The molecule has 1 aliphatic heterocycles. The van der Waals surface area contributed by atoms with Crippen molar-refractivity contribution in [2.75, 3.05) is 20.2 Å². The van der Waals surface area contributed by atoms with Crippen LogP contribution in [0.15, 0.2) is 23.2 Å². The lowest BCUT2D eigenvalue weighted by Crippen LogP contribution is -2.38. The number of nitrogens with zero attached hydrogens (tertiary/aromatic N) is 1. The molecule has 1 atom stereocenters. The van der Waals surface area contributed by atoms with E-state index in [-0.39, 0.29) is 6.10 Å². The van der Waals surface area contributed by atoms with Crippen molar-refractivity contribution in [2.24, 2.45) is 4.99 Å². The Kier molecular flexibility index (Phi) is 7.37. The lowest BCUT2D eigenvalue weighted by atomic mass is 10.1. The molecule has 1 aromatic carbocycles. The molecule has 134 valence electrons. The fourth-order valence-corrected chi connectivity index (χ4v) is 2.79. The van der Waals surface area contributed by atoms with Crippen LogP contribution in [0, 0.1) is 6.92 Å². The van der Waals surface area contributed by atoms with Crippen molar-refractivity contribution in [2.45, 2.75) is 58.8 Å². The van der Waals surface area contributed by atoms with E-state index in [1.165, 1.54) is 18.4 Å². The summed E-state index contributed by atoms with van der Waals surface area (Å²) in [6.07, 6.45) is 3.94. The maximum Gasteiger partial charge on any atom is 0.191 e. The third-order valence-corrected chi connectivity index (χ3v) is 4.04. The molecule has 1 unspecified atom stereocenters. The second kappa shape index (κ2) is 9.52. The van der Waals surface area contributed by atoms with Gasteiger partial charge in [-0.05, 0) is 51.7 Å². The molecule has 0 spiro atoms. The second-order valence-corrected chi connectivity index (χ2v) is 6.55. The Morgan fingerprint density at radius 1 is 1.38 bits per heavy atom. The zero-order valence-corrected chi connectivity index (χ0v) is 15.4. The van der Waals surface area contributed by atoms with Gasteiger partial charge in [0, 0.05) is 32.3 Å². The van der Waals surface area contributed by atoms with E-state index in [1.54, 1.807) is 7.05 Å². The molecule has 0 amide bonds. The molecule has 2 N–H and O–H groups in total. The molecular formula is C19H31N3O2. The van der Waals surface area contributed by atoms with Crippen LogP contribution < -0.4 is 15.4 Å². The van der Waals surface area contributed by atoms with Crippen molar-refractivity contribution in [3.05, 3.63) is 29.3 Å². The van der Waals surface area contributed by atoms with Crippen molar-refractivity contribution < 1.29 is 9.47 Å². The van der Waals surface area contributed by atoms with Crippen LogP contribution in [0.3, 0.4) is 0 Å². The van der Waals surface area contributed by atoms with E-state index >= 15 is 0 Å². The highest BCUT2D eigenvalue weighted by atomic mass is 16.5. The first kappa shape index (κ1) is 18.6. The number of benzene rings is 1.